The predicted octanol–water partition coefficient (Wildman–Crippen LogP) is 4.31. The Morgan fingerprint density at radius 2 is 1.27 bits per heavy atom. The highest BCUT2D eigenvalue weighted by atomic mass is 16.4. The molecule has 0 amide bonds. The van der Waals surface area contributed by atoms with E-state index in [4.69, 9.17) is 9.97 Å². The lowest BCUT2D eigenvalue weighted by molar-refractivity contribution is 0.426. The zero-order valence-corrected chi connectivity index (χ0v) is 18.0. The van der Waals surface area contributed by atoms with E-state index in [1.165, 1.54) is 0 Å². The highest BCUT2D eigenvalue weighted by Crippen LogP contribution is 2.26. The van der Waals surface area contributed by atoms with Crippen molar-refractivity contribution in [3.63, 3.8) is 0 Å². The molecule has 0 aliphatic carbocycles. The van der Waals surface area contributed by atoms with Gasteiger partial charge in [-0.3, -0.25) is 0 Å². The van der Waals surface area contributed by atoms with Crippen LogP contribution in [0.2, 0.25) is 0 Å². The zero-order valence-electron chi connectivity index (χ0n) is 18.0. The summed E-state index contributed by atoms with van der Waals surface area (Å²) < 4.78 is 0. The van der Waals surface area contributed by atoms with Crippen LogP contribution in [0.3, 0.4) is 0 Å². The molecule has 0 saturated carbocycles. The summed E-state index contributed by atoms with van der Waals surface area (Å²) in [6.07, 6.45) is 5.41. The third-order valence-corrected chi connectivity index (χ3v) is 5.11. The van der Waals surface area contributed by atoms with Gasteiger partial charge in [-0.2, -0.15) is 0 Å². The molecule has 0 aliphatic heterocycles. The molecule has 1 heterocycles. The number of hydrogen-bond acceptors (Lipinski definition) is 5. The van der Waals surface area contributed by atoms with E-state index < -0.39 is 7.12 Å². The monoisotopic (exact) mass is 431 g/mol. The third-order valence-electron chi connectivity index (χ3n) is 5.11. The molecule has 4 aromatic rings. The molecule has 33 heavy (non-hydrogen) atoms. The summed E-state index contributed by atoms with van der Waals surface area (Å²) in [5.74, 6) is 1.58. The second-order valence-corrected chi connectivity index (χ2v) is 7.31. The highest BCUT2D eigenvalue weighted by Gasteiger charge is 2.15. The van der Waals surface area contributed by atoms with Crippen molar-refractivity contribution in [2.45, 2.75) is 0 Å². The fourth-order valence-corrected chi connectivity index (χ4v) is 3.40. The topological polar surface area (TPSA) is 79.1 Å². The second-order valence-electron chi connectivity index (χ2n) is 7.31. The third kappa shape index (κ3) is 5.04. The average molecular weight is 431 g/mol. The predicted molar refractivity (Wildman–Crippen MR) is 134 cm³/mol. The molecule has 0 radical (unpaired) electrons. The van der Waals surface area contributed by atoms with E-state index in [0.29, 0.717) is 22.9 Å². The standard InChI is InChI=1S/C27H22BN3O2/c1-3-9-19(4-2)22-12-8-13-23(18-22)27-30-25(20-10-6-5-7-11-20)29-26(31-27)21-14-16-24(17-15-21)28(32)33/h3-18,32-33H,1-2H2/b19-9+. The van der Waals surface area contributed by atoms with Crippen molar-refractivity contribution < 1.29 is 10.0 Å². The van der Waals surface area contributed by atoms with Crippen LogP contribution in [0.15, 0.2) is 110 Å². The molecule has 0 atom stereocenters. The Balaban J connectivity index is 1.86. The van der Waals surface area contributed by atoms with Crippen molar-refractivity contribution in [1.82, 2.24) is 15.0 Å². The van der Waals surface area contributed by atoms with Gasteiger partial charge in [0.25, 0.3) is 0 Å². The number of rotatable bonds is 7. The lowest BCUT2D eigenvalue weighted by atomic mass is 9.80. The van der Waals surface area contributed by atoms with E-state index in [2.05, 4.69) is 18.1 Å². The molecule has 160 valence electrons. The minimum atomic E-state index is -1.53. The first-order chi connectivity index (χ1) is 16.1. The summed E-state index contributed by atoms with van der Waals surface area (Å²) in [7, 11) is -1.53. The van der Waals surface area contributed by atoms with E-state index in [0.717, 1.165) is 27.8 Å². The first kappa shape index (κ1) is 22.1. The van der Waals surface area contributed by atoms with Gasteiger partial charge in [0, 0.05) is 16.7 Å². The Morgan fingerprint density at radius 1 is 0.697 bits per heavy atom. The molecule has 0 bridgehead atoms. The minimum Gasteiger partial charge on any atom is -0.423 e. The van der Waals surface area contributed by atoms with Crippen LogP contribution >= 0.6 is 0 Å². The molecule has 4 rings (SSSR count). The molecule has 0 aliphatic rings. The molecule has 5 nitrogen and oxygen atoms in total. The van der Waals surface area contributed by atoms with Crippen molar-refractivity contribution in [3.05, 3.63) is 116 Å². The van der Waals surface area contributed by atoms with Gasteiger partial charge in [-0.25, -0.2) is 15.0 Å². The van der Waals surface area contributed by atoms with Crippen molar-refractivity contribution in [2.24, 2.45) is 0 Å². The Hall–Kier alpha value is -4.13. The highest BCUT2D eigenvalue weighted by molar-refractivity contribution is 6.58. The normalized spacial score (nSPS) is 11.2. The number of benzene rings is 3. The Morgan fingerprint density at radius 3 is 1.85 bits per heavy atom. The zero-order chi connectivity index (χ0) is 23.2. The van der Waals surface area contributed by atoms with Crippen molar-refractivity contribution in [1.29, 1.82) is 0 Å². The van der Waals surface area contributed by atoms with Crippen molar-refractivity contribution >= 4 is 18.2 Å². The number of hydrogen-bond donors (Lipinski definition) is 2. The molecular weight excluding hydrogens is 409 g/mol. The maximum atomic E-state index is 9.40. The maximum absolute atomic E-state index is 9.40. The van der Waals surface area contributed by atoms with Gasteiger partial charge in [0.05, 0.1) is 0 Å². The molecule has 3 aromatic carbocycles. The van der Waals surface area contributed by atoms with Gasteiger partial charge in [0.15, 0.2) is 17.5 Å². The maximum Gasteiger partial charge on any atom is 0.488 e. The van der Waals surface area contributed by atoms with Crippen LogP contribution in [0.4, 0.5) is 0 Å². The summed E-state index contributed by atoms with van der Waals surface area (Å²) >= 11 is 0. The van der Waals surface area contributed by atoms with E-state index in [-0.39, 0.29) is 0 Å². The largest absolute Gasteiger partial charge is 0.488 e. The first-order valence-corrected chi connectivity index (χ1v) is 10.4. The van der Waals surface area contributed by atoms with E-state index in [1.54, 1.807) is 36.4 Å². The summed E-state index contributed by atoms with van der Waals surface area (Å²) in [5, 5.41) is 18.8. The van der Waals surface area contributed by atoms with Crippen LogP contribution in [0.1, 0.15) is 5.56 Å². The Labute approximate surface area is 193 Å². The van der Waals surface area contributed by atoms with E-state index in [1.807, 2.05) is 60.7 Å². The lowest BCUT2D eigenvalue weighted by Crippen LogP contribution is -2.29. The van der Waals surface area contributed by atoms with Gasteiger partial charge >= 0.3 is 7.12 Å². The summed E-state index contributed by atoms with van der Waals surface area (Å²) in [6.45, 7) is 7.67. The van der Waals surface area contributed by atoms with Crippen LogP contribution in [0, 0.1) is 0 Å². The number of allylic oxidation sites excluding steroid dienone is 4. The quantitative estimate of drug-likeness (QED) is 0.337. The molecule has 0 unspecified atom stereocenters. The Bertz CT molecular complexity index is 1320. The fourth-order valence-electron chi connectivity index (χ4n) is 3.40. The van der Waals surface area contributed by atoms with Gasteiger partial charge < -0.3 is 10.0 Å². The van der Waals surface area contributed by atoms with Gasteiger partial charge in [0.2, 0.25) is 0 Å². The second kappa shape index (κ2) is 10.00. The van der Waals surface area contributed by atoms with Crippen molar-refractivity contribution in [2.75, 3.05) is 0 Å². The van der Waals surface area contributed by atoms with Gasteiger partial charge in [-0.15, -0.1) is 0 Å². The first-order valence-electron chi connectivity index (χ1n) is 10.4. The van der Waals surface area contributed by atoms with E-state index >= 15 is 0 Å². The fraction of sp³-hybridized carbons (Fsp3) is 0. The molecule has 0 fully saturated rings. The minimum absolute atomic E-state index is 0.398. The van der Waals surface area contributed by atoms with Crippen LogP contribution in [-0.4, -0.2) is 32.1 Å². The van der Waals surface area contributed by atoms with Crippen LogP contribution < -0.4 is 5.46 Å². The average Bonchev–Trinajstić information content (AvgIpc) is 2.87. The van der Waals surface area contributed by atoms with Gasteiger partial charge in [-0.05, 0) is 22.7 Å². The molecule has 2 N–H and O–H groups in total. The molecule has 0 spiro atoms. The SMILES string of the molecule is C=C/C=C(\C=C)c1cccc(-c2nc(-c3ccccc3)nc(-c3ccc(B(O)O)cc3)n2)c1. The van der Waals surface area contributed by atoms with Gasteiger partial charge in [-0.1, -0.05) is 104 Å². The van der Waals surface area contributed by atoms with E-state index in [9.17, 15) is 10.0 Å². The van der Waals surface area contributed by atoms with Crippen LogP contribution in [-0.2, 0) is 0 Å². The summed E-state index contributed by atoms with van der Waals surface area (Å²) in [5.41, 5.74) is 4.78. The molecule has 0 saturated heterocycles. The molecule has 6 heteroatoms. The Kier molecular flexibility index (Phi) is 6.69. The lowest BCUT2D eigenvalue weighted by Gasteiger charge is -2.10. The number of aromatic nitrogens is 3. The smallest absolute Gasteiger partial charge is 0.423 e. The summed E-state index contributed by atoms with van der Waals surface area (Å²) in [4.78, 5) is 14.2. The molecular formula is C27H22BN3O2. The summed E-state index contributed by atoms with van der Waals surface area (Å²) in [6, 6.07) is 24.5. The van der Waals surface area contributed by atoms with Gasteiger partial charge in [0.1, 0.15) is 0 Å². The van der Waals surface area contributed by atoms with Crippen LogP contribution in [0.5, 0.6) is 0 Å². The number of nitrogens with zero attached hydrogens (tertiary/aromatic N) is 3. The van der Waals surface area contributed by atoms with Crippen molar-refractivity contribution in [3.8, 4) is 34.2 Å². The van der Waals surface area contributed by atoms with Crippen LogP contribution in [0.25, 0.3) is 39.7 Å². The molecule has 1 aromatic heterocycles.